The number of sulfonamides is 1. The van der Waals surface area contributed by atoms with Crippen molar-refractivity contribution >= 4 is 38.6 Å². The summed E-state index contributed by atoms with van der Waals surface area (Å²) in [5, 5.41) is 0. The molecule has 0 atom stereocenters. The number of anilines is 1. The number of nitrogens with zero attached hydrogens (tertiary/aromatic N) is 1. The van der Waals surface area contributed by atoms with E-state index in [2.05, 4.69) is 9.71 Å². The predicted octanol–water partition coefficient (Wildman–Crippen LogP) is 2.79. The molecule has 8 heteroatoms. The fourth-order valence-electron chi connectivity index (χ4n) is 1.61. The van der Waals surface area contributed by atoms with Crippen LogP contribution in [0.3, 0.4) is 0 Å². The van der Waals surface area contributed by atoms with Crippen molar-refractivity contribution in [2.24, 2.45) is 0 Å². The molecule has 0 spiro atoms. The third-order valence-electron chi connectivity index (χ3n) is 2.56. The fraction of sp³-hybridized carbons (Fsp3) is 0.250. The molecule has 0 saturated heterocycles. The van der Waals surface area contributed by atoms with Crippen molar-refractivity contribution in [3.05, 3.63) is 40.5 Å². The zero-order valence-electron chi connectivity index (χ0n) is 10.7. The highest BCUT2D eigenvalue weighted by atomic mass is 35.5. The van der Waals surface area contributed by atoms with E-state index in [9.17, 15) is 8.42 Å². The number of ether oxygens (including phenoxy) is 1. The first kappa shape index (κ1) is 15.2. The number of thiazole rings is 1. The van der Waals surface area contributed by atoms with Gasteiger partial charge in [0.1, 0.15) is 0 Å². The molecule has 0 unspecified atom stereocenters. The van der Waals surface area contributed by atoms with Gasteiger partial charge in [-0.1, -0.05) is 41.1 Å². The normalized spacial score (nSPS) is 11.5. The second kappa shape index (κ2) is 6.53. The molecule has 20 heavy (non-hydrogen) atoms. The maximum atomic E-state index is 12.2. The summed E-state index contributed by atoms with van der Waals surface area (Å²) in [6.07, 6.45) is 1.87. The monoisotopic (exact) mass is 332 g/mol. The van der Waals surface area contributed by atoms with Crippen LogP contribution in [0.1, 0.15) is 5.56 Å². The fourth-order valence-corrected chi connectivity index (χ4v) is 4.00. The van der Waals surface area contributed by atoms with Crippen LogP contribution in [0, 0.1) is 0 Å². The number of para-hydroxylation sites is 1. The lowest BCUT2D eigenvalue weighted by Gasteiger charge is -2.11. The average Bonchev–Trinajstić information content (AvgIpc) is 2.85. The minimum Gasteiger partial charge on any atom is -0.384 e. The second-order valence-corrected chi connectivity index (χ2v) is 7.46. The van der Waals surface area contributed by atoms with Gasteiger partial charge >= 0.3 is 0 Å². The van der Waals surface area contributed by atoms with Gasteiger partial charge in [0.15, 0.2) is 8.68 Å². The molecule has 0 aliphatic carbocycles. The number of hydrogen-bond acceptors (Lipinski definition) is 5. The zero-order valence-corrected chi connectivity index (χ0v) is 13.1. The molecule has 2 rings (SSSR count). The molecule has 1 aromatic carbocycles. The van der Waals surface area contributed by atoms with Gasteiger partial charge in [0, 0.05) is 7.11 Å². The average molecular weight is 333 g/mol. The molecule has 0 bridgehead atoms. The van der Waals surface area contributed by atoms with E-state index in [4.69, 9.17) is 16.3 Å². The molecular weight excluding hydrogens is 320 g/mol. The molecule has 2 aromatic rings. The Balaban J connectivity index is 2.25. The minimum atomic E-state index is -3.66. The Bertz CT molecular complexity index is 686. The van der Waals surface area contributed by atoms with Gasteiger partial charge < -0.3 is 4.74 Å². The topological polar surface area (TPSA) is 68.3 Å². The molecule has 1 aromatic heterocycles. The van der Waals surface area contributed by atoms with E-state index in [0.29, 0.717) is 18.7 Å². The van der Waals surface area contributed by atoms with E-state index in [-0.39, 0.29) is 8.68 Å². The molecule has 0 aliphatic rings. The number of halogens is 1. The van der Waals surface area contributed by atoms with Crippen molar-refractivity contribution in [1.29, 1.82) is 0 Å². The summed E-state index contributed by atoms with van der Waals surface area (Å²) in [5.74, 6) is 0. The van der Waals surface area contributed by atoms with E-state index in [1.165, 1.54) is 6.20 Å². The Morgan fingerprint density at radius 3 is 2.80 bits per heavy atom. The third kappa shape index (κ3) is 3.69. The first-order chi connectivity index (χ1) is 9.53. The Hall–Kier alpha value is -1.15. The molecule has 5 nitrogen and oxygen atoms in total. The van der Waals surface area contributed by atoms with Crippen LogP contribution in [-0.2, 0) is 21.2 Å². The highest BCUT2D eigenvalue weighted by molar-refractivity contribution is 7.94. The van der Waals surface area contributed by atoms with Crippen molar-refractivity contribution in [2.45, 2.75) is 10.6 Å². The van der Waals surface area contributed by atoms with Crippen molar-refractivity contribution in [3.63, 3.8) is 0 Å². The number of nitrogens with one attached hydrogen (secondary N) is 1. The van der Waals surface area contributed by atoms with E-state index < -0.39 is 10.0 Å². The lowest BCUT2D eigenvalue weighted by atomic mass is 10.1. The van der Waals surface area contributed by atoms with Gasteiger partial charge in [-0.25, -0.2) is 13.4 Å². The predicted molar refractivity (Wildman–Crippen MR) is 80.0 cm³/mol. The smallest absolute Gasteiger partial charge is 0.273 e. The minimum absolute atomic E-state index is 0.0871. The van der Waals surface area contributed by atoms with Crippen LogP contribution in [0.4, 0.5) is 5.69 Å². The molecule has 0 fully saturated rings. The highest BCUT2D eigenvalue weighted by Gasteiger charge is 2.18. The SMILES string of the molecule is COCCc1ccccc1NS(=O)(=O)c1cnc(Cl)s1. The number of rotatable bonds is 6. The van der Waals surface area contributed by atoms with E-state index in [1.54, 1.807) is 19.2 Å². The number of methoxy groups -OCH3 is 1. The Labute approximate surface area is 126 Å². The number of hydrogen-bond donors (Lipinski definition) is 1. The third-order valence-corrected chi connectivity index (χ3v) is 5.50. The lowest BCUT2D eigenvalue weighted by molar-refractivity contribution is 0.202. The molecule has 0 saturated carbocycles. The first-order valence-electron chi connectivity index (χ1n) is 5.74. The van der Waals surface area contributed by atoms with Crippen molar-refractivity contribution < 1.29 is 13.2 Å². The molecule has 108 valence electrons. The van der Waals surface area contributed by atoms with Crippen LogP contribution in [0.25, 0.3) is 0 Å². The van der Waals surface area contributed by atoms with Gasteiger partial charge in [-0.3, -0.25) is 4.72 Å². The Kier molecular flexibility index (Phi) is 4.98. The van der Waals surface area contributed by atoms with Crippen LogP contribution < -0.4 is 4.72 Å². The van der Waals surface area contributed by atoms with Crippen molar-refractivity contribution in [3.8, 4) is 0 Å². The van der Waals surface area contributed by atoms with Gasteiger partial charge in [-0.05, 0) is 18.1 Å². The summed E-state index contributed by atoms with van der Waals surface area (Å²) >= 11 is 6.58. The van der Waals surface area contributed by atoms with Crippen molar-refractivity contribution in [1.82, 2.24) is 4.98 Å². The summed E-state index contributed by atoms with van der Waals surface area (Å²) in [6.45, 7) is 0.519. The highest BCUT2D eigenvalue weighted by Crippen LogP contribution is 2.26. The van der Waals surface area contributed by atoms with E-state index in [0.717, 1.165) is 16.9 Å². The van der Waals surface area contributed by atoms with Crippen LogP contribution in [0.5, 0.6) is 0 Å². The van der Waals surface area contributed by atoms with Crippen LogP contribution in [0.2, 0.25) is 4.47 Å². The van der Waals surface area contributed by atoms with Gasteiger partial charge in [0.05, 0.1) is 18.5 Å². The maximum Gasteiger partial charge on any atom is 0.273 e. The number of benzene rings is 1. The summed E-state index contributed by atoms with van der Waals surface area (Å²) in [7, 11) is -2.06. The van der Waals surface area contributed by atoms with Crippen molar-refractivity contribution in [2.75, 3.05) is 18.4 Å². The molecule has 0 radical (unpaired) electrons. The summed E-state index contributed by atoms with van der Waals surface area (Å²) < 4.78 is 32.3. The van der Waals surface area contributed by atoms with Crippen LogP contribution >= 0.6 is 22.9 Å². The van der Waals surface area contributed by atoms with Crippen LogP contribution in [0.15, 0.2) is 34.7 Å². The molecule has 0 amide bonds. The standard InChI is InChI=1S/C12H13ClN2O3S2/c1-18-7-6-9-4-2-3-5-10(9)15-20(16,17)11-8-14-12(13)19-11/h2-5,8,15H,6-7H2,1H3. The molecule has 0 aliphatic heterocycles. The summed E-state index contributed by atoms with van der Waals surface area (Å²) in [6, 6.07) is 7.20. The van der Waals surface area contributed by atoms with Crippen LogP contribution in [-0.4, -0.2) is 27.1 Å². The maximum absolute atomic E-state index is 12.2. The van der Waals surface area contributed by atoms with Gasteiger partial charge in [-0.2, -0.15) is 0 Å². The number of aromatic nitrogens is 1. The second-order valence-electron chi connectivity index (χ2n) is 3.94. The summed E-state index contributed by atoms with van der Waals surface area (Å²) in [5.41, 5.74) is 1.41. The Morgan fingerprint density at radius 1 is 1.40 bits per heavy atom. The molecule has 1 N–H and O–H groups in total. The van der Waals surface area contributed by atoms with Gasteiger partial charge in [0.2, 0.25) is 0 Å². The van der Waals surface area contributed by atoms with Gasteiger partial charge in [-0.15, -0.1) is 0 Å². The lowest BCUT2D eigenvalue weighted by Crippen LogP contribution is -2.13. The largest absolute Gasteiger partial charge is 0.384 e. The quantitative estimate of drug-likeness (QED) is 0.883. The Morgan fingerprint density at radius 2 is 2.15 bits per heavy atom. The van der Waals surface area contributed by atoms with E-state index in [1.807, 2.05) is 12.1 Å². The summed E-state index contributed by atoms with van der Waals surface area (Å²) in [4.78, 5) is 3.74. The van der Waals surface area contributed by atoms with E-state index >= 15 is 0 Å². The molecular formula is C12H13ClN2O3S2. The molecule has 1 heterocycles. The zero-order chi connectivity index (χ0) is 14.6. The first-order valence-corrected chi connectivity index (χ1v) is 8.41. The van der Waals surface area contributed by atoms with Gasteiger partial charge in [0.25, 0.3) is 10.0 Å².